The summed E-state index contributed by atoms with van der Waals surface area (Å²) in [6.07, 6.45) is 15.9. The van der Waals surface area contributed by atoms with Gasteiger partial charge >= 0.3 is 0 Å². The molecular formula is C31H43N5O2. The lowest BCUT2D eigenvalue weighted by atomic mass is 9.68. The van der Waals surface area contributed by atoms with Gasteiger partial charge in [0.15, 0.2) is 0 Å². The molecule has 204 valence electrons. The number of amides is 1. The predicted octanol–water partition coefficient (Wildman–Crippen LogP) is 4.22. The fraction of sp³-hybridized carbons (Fsp3) is 0.613. The maximum Gasteiger partial charge on any atom is 0.226 e. The van der Waals surface area contributed by atoms with Crippen LogP contribution >= 0.6 is 0 Å². The summed E-state index contributed by atoms with van der Waals surface area (Å²) in [6, 6.07) is 5.00. The van der Waals surface area contributed by atoms with Crippen LogP contribution in [0.5, 0.6) is 0 Å². The highest BCUT2D eigenvalue weighted by Gasteiger charge is 2.37. The summed E-state index contributed by atoms with van der Waals surface area (Å²) in [5, 5.41) is 14.2. The van der Waals surface area contributed by atoms with Crippen LogP contribution in [0.25, 0.3) is 11.1 Å². The predicted molar refractivity (Wildman–Crippen MR) is 152 cm³/mol. The maximum atomic E-state index is 12.7. The summed E-state index contributed by atoms with van der Waals surface area (Å²) >= 11 is 0. The van der Waals surface area contributed by atoms with E-state index in [2.05, 4.69) is 72.2 Å². The Balaban J connectivity index is 1.14. The first-order chi connectivity index (χ1) is 18.3. The van der Waals surface area contributed by atoms with Crippen molar-refractivity contribution in [2.45, 2.75) is 65.0 Å². The molecular weight excluding hydrogens is 474 g/mol. The first kappa shape index (κ1) is 25.6. The van der Waals surface area contributed by atoms with Crippen LogP contribution in [0.1, 0.15) is 58.4 Å². The third-order valence-electron chi connectivity index (χ3n) is 9.74. The van der Waals surface area contributed by atoms with Crippen LogP contribution in [0.2, 0.25) is 0 Å². The Bertz CT molecular complexity index is 1230. The van der Waals surface area contributed by atoms with Gasteiger partial charge in [-0.15, -0.1) is 0 Å². The average molecular weight is 518 g/mol. The molecule has 3 fully saturated rings. The number of carbonyl (C=O) groups is 1. The fourth-order valence-electron chi connectivity index (χ4n) is 6.92. The lowest BCUT2D eigenvalue weighted by Gasteiger charge is -2.44. The molecule has 7 heteroatoms. The summed E-state index contributed by atoms with van der Waals surface area (Å²) in [5.74, 6) is 0.935. The van der Waals surface area contributed by atoms with Crippen LogP contribution in [0, 0.1) is 17.3 Å². The van der Waals surface area contributed by atoms with Gasteiger partial charge in [0.05, 0.1) is 17.3 Å². The van der Waals surface area contributed by atoms with Gasteiger partial charge in [0.1, 0.15) is 0 Å². The van der Waals surface area contributed by atoms with Crippen LogP contribution < -0.4 is 4.90 Å². The Kier molecular flexibility index (Phi) is 6.85. The molecule has 1 amide bonds. The lowest BCUT2D eigenvalue weighted by molar-refractivity contribution is -0.142. The zero-order valence-electron chi connectivity index (χ0n) is 23.2. The van der Waals surface area contributed by atoms with Crippen LogP contribution in [0.3, 0.4) is 0 Å². The third-order valence-corrected chi connectivity index (χ3v) is 9.74. The molecule has 1 unspecified atom stereocenters. The van der Waals surface area contributed by atoms with Gasteiger partial charge in [-0.05, 0) is 81.5 Å². The highest BCUT2D eigenvalue weighted by Crippen LogP contribution is 2.43. The van der Waals surface area contributed by atoms with Crippen molar-refractivity contribution in [2.75, 3.05) is 44.2 Å². The quantitative estimate of drug-likeness (QED) is 0.643. The van der Waals surface area contributed by atoms with Gasteiger partial charge in [-0.3, -0.25) is 4.79 Å². The number of carbonyl (C=O) groups excluding carboxylic acids is 1. The van der Waals surface area contributed by atoms with Crippen molar-refractivity contribution in [1.82, 2.24) is 19.4 Å². The minimum Gasteiger partial charge on any atom is -0.393 e. The van der Waals surface area contributed by atoms with E-state index in [0.717, 1.165) is 38.1 Å². The zero-order valence-corrected chi connectivity index (χ0v) is 23.2. The topological polar surface area (TPSA) is 64.3 Å². The van der Waals surface area contributed by atoms with Crippen LogP contribution in [0.15, 0.2) is 42.8 Å². The largest absolute Gasteiger partial charge is 0.393 e. The van der Waals surface area contributed by atoms with Gasteiger partial charge in [-0.1, -0.05) is 25.2 Å². The standard InChI is InChI=1S/C31H43N5O2/c1-22(2)35-12-4-5-26(21-35)31(3)9-6-23(7-10-31)25-19-29-28(8-11-32-36(29)20-25)33-13-15-34(16-14-33)30(38)24-17-27(37)18-24/h6-9,11,19-20,22,24,26-27,37H,4-5,10,12-18,21H2,1-3H3/t24-,26-,27-,31?/m0/s1. The van der Waals surface area contributed by atoms with Crippen molar-refractivity contribution in [2.24, 2.45) is 17.3 Å². The highest BCUT2D eigenvalue weighted by atomic mass is 16.3. The highest BCUT2D eigenvalue weighted by molar-refractivity contribution is 5.83. The molecule has 2 aromatic heterocycles. The van der Waals surface area contributed by atoms with Gasteiger partial charge in [-0.2, -0.15) is 5.10 Å². The normalized spacial score (nSPS) is 30.6. The smallest absolute Gasteiger partial charge is 0.226 e. The van der Waals surface area contributed by atoms with Gasteiger partial charge < -0.3 is 19.8 Å². The second-order valence-corrected chi connectivity index (χ2v) is 12.5. The second kappa shape index (κ2) is 10.2. The molecule has 0 spiro atoms. The van der Waals surface area contributed by atoms with E-state index >= 15 is 0 Å². The number of nitrogens with zero attached hydrogens (tertiary/aromatic N) is 5. The molecule has 4 aliphatic rings. The van der Waals surface area contributed by atoms with E-state index in [9.17, 15) is 9.90 Å². The van der Waals surface area contributed by atoms with Crippen molar-refractivity contribution in [3.05, 3.63) is 48.3 Å². The molecule has 0 radical (unpaired) electrons. The number of hydrogen-bond donors (Lipinski definition) is 1. The number of aliphatic hydroxyl groups excluding tert-OH is 1. The molecule has 2 aliphatic carbocycles. The van der Waals surface area contributed by atoms with E-state index in [1.807, 2.05) is 15.6 Å². The number of hydrogen-bond acceptors (Lipinski definition) is 5. The Morgan fingerprint density at radius 3 is 2.63 bits per heavy atom. The number of fused-ring (bicyclic) bond motifs is 1. The number of piperazine rings is 1. The molecule has 2 aliphatic heterocycles. The number of allylic oxidation sites excluding steroid dienone is 4. The molecule has 38 heavy (non-hydrogen) atoms. The Morgan fingerprint density at radius 2 is 1.95 bits per heavy atom. The molecule has 0 bridgehead atoms. The molecule has 7 nitrogen and oxygen atoms in total. The van der Waals surface area contributed by atoms with E-state index in [1.165, 1.54) is 42.8 Å². The van der Waals surface area contributed by atoms with E-state index in [4.69, 9.17) is 0 Å². The first-order valence-corrected chi connectivity index (χ1v) is 14.6. The molecule has 2 atom stereocenters. The molecule has 4 heterocycles. The lowest BCUT2D eigenvalue weighted by Crippen LogP contribution is -2.52. The van der Waals surface area contributed by atoms with Gasteiger partial charge in [0.25, 0.3) is 0 Å². The van der Waals surface area contributed by atoms with Crippen LogP contribution in [-0.4, -0.2) is 81.8 Å². The number of piperidine rings is 1. The Labute approximate surface area is 226 Å². The number of aliphatic hydroxyl groups is 1. The van der Waals surface area contributed by atoms with Crippen molar-refractivity contribution >= 4 is 22.7 Å². The summed E-state index contributed by atoms with van der Waals surface area (Å²) in [7, 11) is 0. The third kappa shape index (κ3) is 4.79. The minimum atomic E-state index is -0.288. The number of rotatable bonds is 5. The summed E-state index contributed by atoms with van der Waals surface area (Å²) in [4.78, 5) is 19.7. The van der Waals surface area contributed by atoms with E-state index in [-0.39, 0.29) is 23.3 Å². The van der Waals surface area contributed by atoms with Crippen molar-refractivity contribution in [3.8, 4) is 0 Å². The van der Waals surface area contributed by atoms with Crippen molar-refractivity contribution in [1.29, 1.82) is 0 Å². The summed E-state index contributed by atoms with van der Waals surface area (Å²) in [5.41, 5.74) is 5.01. The molecule has 6 rings (SSSR count). The molecule has 1 N–H and O–H groups in total. The zero-order chi connectivity index (χ0) is 26.4. The van der Waals surface area contributed by atoms with Crippen molar-refractivity contribution in [3.63, 3.8) is 0 Å². The first-order valence-electron chi connectivity index (χ1n) is 14.6. The number of likely N-dealkylation sites (tertiary alicyclic amines) is 1. The molecule has 2 aromatic rings. The Morgan fingerprint density at radius 1 is 1.16 bits per heavy atom. The monoisotopic (exact) mass is 517 g/mol. The van der Waals surface area contributed by atoms with Crippen LogP contribution in [-0.2, 0) is 4.79 Å². The van der Waals surface area contributed by atoms with E-state index in [1.54, 1.807) is 0 Å². The van der Waals surface area contributed by atoms with E-state index < -0.39 is 0 Å². The van der Waals surface area contributed by atoms with Gasteiger partial charge in [0, 0.05) is 62.6 Å². The van der Waals surface area contributed by atoms with Crippen molar-refractivity contribution < 1.29 is 9.90 Å². The minimum absolute atomic E-state index is 0.0169. The maximum absolute atomic E-state index is 12.7. The summed E-state index contributed by atoms with van der Waals surface area (Å²) < 4.78 is 2.00. The molecule has 0 aromatic carbocycles. The average Bonchev–Trinajstić information content (AvgIpc) is 3.36. The molecule has 2 saturated heterocycles. The Hall–Kier alpha value is -2.64. The molecule has 1 saturated carbocycles. The van der Waals surface area contributed by atoms with Crippen LogP contribution in [0.4, 0.5) is 5.69 Å². The number of aromatic nitrogens is 2. The van der Waals surface area contributed by atoms with E-state index in [0.29, 0.717) is 24.8 Å². The number of anilines is 1. The summed E-state index contributed by atoms with van der Waals surface area (Å²) in [6.45, 7) is 12.6. The fourth-order valence-corrected chi connectivity index (χ4v) is 6.92. The SMILES string of the molecule is CC(C)N1CCC[C@H](C2(C)C=CC(c3cc4c(N5CCN(C(=O)[C@H]6C[C@H](O)C6)CC5)ccnn4c3)=CC2)C1. The van der Waals surface area contributed by atoms with Gasteiger partial charge in [-0.25, -0.2) is 4.52 Å². The van der Waals surface area contributed by atoms with Gasteiger partial charge in [0.2, 0.25) is 5.91 Å². The second-order valence-electron chi connectivity index (χ2n) is 12.5.